The fourth-order valence-electron chi connectivity index (χ4n) is 3.95. The summed E-state index contributed by atoms with van der Waals surface area (Å²) >= 11 is 0. The first-order chi connectivity index (χ1) is 16.1. The van der Waals surface area contributed by atoms with Crippen molar-refractivity contribution in [2.24, 2.45) is 11.7 Å². The molecule has 10 heteroatoms. The summed E-state index contributed by atoms with van der Waals surface area (Å²) in [7, 11) is 0. The van der Waals surface area contributed by atoms with Crippen molar-refractivity contribution in [3.63, 3.8) is 0 Å². The largest absolute Gasteiger partial charge is 0.480 e. The molecule has 0 aromatic heterocycles. The average molecular weight is 477 g/mol. The van der Waals surface area contributed by atoms with E-state index in [0.717, 1.165) is 5.56 Å². The maximum atomic E-state index is 13.3. The number of carbonyl (C=O) groups excluding carboxylic acids is 3. The number of amides is 3. The molecule has 188 valence electrons. The summed E-state index contributed by atoms with van der Waals surface area (Å²) in [5.74, 6) is -3.05. The van der Waals surface area contributed by atoms with Crippen molar-refractivity contribution in [3.8, 4) is 0 Å². The third-order valence-electron chi connectivity index (χ3n) is 6.34. The SMILES string of the molecule is CCC(C)C(NC(=O)C(Cc1ccccc1)NC(=O)C(N)C(C)O)C(=O)N1CCCC1C(=O)O. The Bertz CT molecular complexity index is 862. The van der Waals surface area contributed by atoms with Gasteiger partial charge in [-0.1, -0.05) is 50.6 Å². The van der Waals surface area contributed by atoms with Gasteiger partial charge in [0, 0.05) is 13.0 Å². The van der Waals surface area contributed by atoms with Gasteiger partial charge in [-0.15, -0.1) is 0 Å². The van der Waals surface area contributed by atoms with Crippen LogP contribution in [0.1, 0.15) is 45.6 Å². The third-order valence-corrected chi connectivity index (χ3v) is 6.34. The summed E-state index contributed by atoms with van der Waals surface area (Å²) < 4.78 is 0. The molecule has 1 aliphatic heterocycles. The average Bonchev–Trinajstić information content (AvgIpc) is 3.31. The van der Waals surface area contributed by atoms with Gasteiger partial charge in [0.2, 0.25) is 17.7 Å². The number of rotatable bonds is 11. The highest BCUT2D eigenvalue weighted by Gasteiger charge is 2.40. The highest BCUT2D eigenvalue weighted by molar-refractivity contribution is 5.94. The molecule has 1 heterocycles. The maximum absolute atomic E-state index is 13.3. The van der Waals surface area contributed by atoms with Gasteiger partial charge in [-0.2, -0.15) is 0 Å². The van der Waals surface area contributed by atoms with Crippen LogP contribution in [0.4, 0.5) is 0 Å². The highest BCUT2D eigenvalue weighted by atomic mass is 16.4. The minimum Gasteiger partial charge on any atom is -0.480 e. The Morgan fingerprint density at radius 3 is 2.32 bits per heavy atom. The first kappa shape index (κ1) is 27.3. The van der Waals surface area contributed by atoms with Gasteiger partial charge in [0.1, 0.15) is 24.2 Å². The molecule has 6 atom stereocenters. The zero-order valence-electron chi connectivity index (χ0n) is 19.9. The number of nitrogens with zero attached hydrogens (tertiary/aromatic N) is 1. The molecule has 34 heavy (non-hydrogen) atoms. The standard InChI is InChI=1S/C24H36N4O6/c1-4-14(2)20(23(32)28-12-8-11-18(28)24(33)34)27-21(30)17(13-16-9-6-5-7-10-16)26-22(31)19(25)15(3)29/h5-7,9-10,14-15,17-20,29H,4,8,11-13,25H2,1-3H3,(H,26,31)(H,27,30)(H,33,34). The molecule has 6 N–H and O–H groups in total. The summed E-state index contributed by atoms with van der Waals surface area (Å²) in [4.78, 5) is 52.0. The van der Waals surface area contributed by atoms with Crippen LogP contribution in [0, 0.1) is 5.92 Å². The van der Waals surface area contributed by atoms with E-state index in [1.54, 1.807) is 24.3 Å². The van der Waals surface area contributed by atoms with Crippen molar-refractivity contribution in [2.45, 2.75) is 76.7 Å². The monoisotopic (exact) mass is 476 g/mol. The first-order valence-electron chi connectivity index (χ1n) is 11.7. The summed E-state index contributed by atoms with van der Waals surface area (Å²) in [6.07, 6.45) is 0.552. The second kappa shape index (κ2) is 12.5. The van der Waals surface area contributed by atoms with E-state index in [-0.39, 0.29) is 12.3 Å². The minimum atomic E-state index is -1.22. The van der Waals surface area contributed by atoms with Gasteiger partial charge in [-0.3, -0.25) is 14.4 Å². The van der Waals surface area contributed by atoms with Crippen molar-refractivity contribution in [1.29, 1.82) is 0 Å². The normalized spacial score (nSPS) is 20.0. The molecule has 1 aromatic carbocycles. The van der Waals surface area contributed by atoms with E-state index < -0.39 is 54.0 Å². The zero-order chi connectivity index (χ0) is 25.4. The highest BCUT2D eigenvalue weighted by Crippen LogP contribution is 2.21. The second-order valence-corrected chi connectivity index (χ2v) is 8.92. The van der Waals surface area contributed by atoms with E-state index in [4.69, 9.17) is 5.73 Å². The van der Waals surface area contributed by atoms with Gasteiger partial charge in [0.25, 0.3) is 0 Å². The molecule has 1 aliphatic rings. The first-order valence-corrected chi connectivity index (χ1v) is 11.7. The number of carboxylic acids is 1. The Morgan fingerprint density at radius 2 is 1.76 bits per heavy atom. The van der Waals surface area contributed by atoms with Crippen molar-refractivity contribution < 1.29 is 29.4 Å². The number of hydrogen-bond donors (Lipinski definition) is 5. The Kier molecular flexibility index (Phi) is 10.0. The van der Waals surface area contributed by atoms with Crippen molar-refractivity contribution >= 4 is 23.7 Å². The van der Waals surface area contributed by atoms with E-state index in [9.17, 15) is 29.4 Å². The van der Waals surface area contributed by atoms with Crippen molar-refractivity contribution in [1.82, 2.24) is 15.5 Å². The molecule has 1 aromatic rings. The third kappa shape index (κ3) is 7.01. The predicted octanol–water partition coefficient (Wildman–Crippen LogP) is 0.0285. The Hall–Kier alpha value is -2.98. The molecule has 3 amide bonds. The number of nitrogens with two attached hydrogens (primary N) is 1. The fourth-order valence-corrected chi connectivity index (χ4v) is 3.95. The second-order valence-electron chi connectivity index (χ2n) is 8.92. The Morgan fingerprint density at radius 1 is 1.12 bits per heavy atom. The molecule has 10 nitrogen and oxygen atoms in total. The lowest BCUT2D eigenvalue weighted by molar-refractivity contribution is -0.150. The van der Waals surface area contributed by atoms with E-state index in [1.807, 2.05) is 19.9 Å². The molecule has 1 fully saturated rings. The lowest BCUT2D eigenvalue weighted by Gasteiger charge is -2.31. The van der Waals surface area contributed by atoms with E-state index in [2.05, 4.69) is 10.6 Å². The topological polar surface area (TPSA) is 162 Å². The van der Waals surface area contributed by atoms with Crippen LogP contribution in [-0.2, 0) is 25.6 Å². The number of aliphatic hydroxyl groups excluding tert-OH is 1. The van der Waals surface area contributed by atoms with Crippen LogP contribution in [-0.4, -0.2) is 75.6 Å². The van der Waals surface area contributed by atoms with E-state index in [0.29, 0.717) is 25.8 Å². The van der Waals surface area contributed by atoms with Crippen LogP contribution in [0.2, 0.25) is 0 Å². The van der Waals surface area contributed by atoms with E-state index in [1.165, 1.54) is 11.8 Å². The minimum absolute atomic E-state index is 0.147. The van der Waals surface area contributed by atoms with Gasteiger partial charge in [-0.05, 0) is 31.2 Å². The van der Waals surface area contributed by atoms with E-state index >= 15 is 0 Å². The van der Waals surface area contributed by atoms with Gasteiger partial charge in [0.15, 0.2) is 0 Å². The summed E-state index contributed by atoms with van der Waals surface area (Å²) in [5, 5.41) is 24.5. The number of aliphatic hydroxyl groups is 1. The smallest absolute Gasteiger partial charge is 0.326 e. The zero-order valence-corrected chi connectivity index (χ0v) is 19.9. The van der Waals surface area contributed by atoms with Crippen molar-refractivity contribution in [2.75, 3.05) is 6.54 Å². The van der Waals surface area contributed by atoms with Gasteiger partial charge in [-0.25, -0.2) is 4.79 Å². The van der Waals surface area contributed by atoms with Crippen molar-refractivity contribution in [3.05, 3.63) is 35.9 Å². The quantitative estimate of drug-likeness (QED) is 0.301. The molecule has 0 bridgehead atoms. The maximum Gasteiger partial charge on any atom is 0.326 e. The van der Waals surface area contributed by atoms with Crippen LogP contribution in [0.15, 0.2) is 30.3 Å². The molecule has 0 aliphatic carbocycles. The Balaban J connectivity index is 2.26. The molecule has 2 rings (SSSR count). The molecule has 0 radical (unpaired) electrons. The lowest BCUT2D eigenvalue weighted by atomic mass is 9.96. The van der Waals surface area contributed by atoms with Crippen LogP contribution in [0.3, 0.4) is 0 Å². The Labute approximate surface area is 199 Å². The van der Waals surface area contributed by atoms with Gasteiger partial charge < -0.3 is 31.5 Å². The number of nitrogens with one attached hydrogen (secondary N) is 2. The molecule has 0 saturated carbocycles. The molecule has 6 unspecified atom stereocenters. The van der Waals surface area contributed by atoms with Gasteiger partial charge >= 0.3 is 5.97 Å². The van der Waals surface area contributed by atoms with Crippen LogP contribution < -0.4 is 16.4 Å². The number of aliphatic carboxylic acids is 1. The number of carboxylic acid groups (broad SMARTS) is 1. The van der Waals surface area contributed by atoms with Gasteiger partial charge in [0.05, 0.1) is 6.10 Å². The number of likely N-dealkylation sites (tertiary alicyclic amines) is 1. The molecule has 1 saturated heterocycles. The molecular weight excluding hydrogens is 440 g/mol. The number of benzene rings is 1. The van der Waals surface area contributed by atoms with Crippen LogP contribution >= 0.6 is 0 Å². The number of hydrogen-bond acceptors (Lipinski definition) is 6. The van der Waals surface area contributed by atoms with Crippen LogP contribution in [0.5, 0.6) is 0 Å². The summed E-state index contributed by atoms with van der Waals surface area (Å²) in [6, 6.07) is 4.91. The summed E-state index contributed by atoms with van der Waals surface area (Å²) in [5.41, 5.74) is 6.52. The number of carbonyl (C=O) groups is 4. The molecule has 0 spiro atoms. The summed E-state index contributed by atoms with van der Waals surface area (Å²) in [6.45, 7) is 5.37. The molecular formula is C24H36N4O6. The predicted molar refractivity (Wildman–Crippen MR) is 125 cm³/mol. The fraction of sp³-hybridized carbons (Fsp3) is 0.583. The lowest BCUT2D eigenvalue weighted by Crippen LogP contribution is -2.59. The van der Waals surface area contributed by atoms with Crippen LogP contribution in [0.25, 0.3) is 0 Å².